The van der Waals surface area contributed by atoms with E-state index in [2.05, 4.69) is 10.1 Å². The van der Waals surface area contributed by atoms with Gasteiger partial charge in [-0.3, -0.25) is 9.59 Å². The van der Waals surface area contributed by atoms with Crippen molar-refractivity contribution in [2.45, 2.75) is 25.6 Å². The van der Waals surface area contributed by atoms with Crippen molar-refractivity contribution < 1.29 is 18.8 Å². The van der Waals surface area contributed by atoms with Gasteiger partial charge in [0.05, 0.1) is 6.54 Å². The average Bonchev–Trinajstić information content (AvgIpc) is 3.04. The summed E-state index contributed by atoms with van der Waals surface area (Å²) in [5.41, 5.74) is 0.986. The highest BCUT2D eigenvalue weighted by atomic mass is 16.5. The van der Waals surface area contributed by atoms with Gasteiger partial charge < -0.3 is 19.1 Å². The maximum Gasteiger partial charge on any atom is 0.246 e. The summed E-state index contributed by atoms with van der Waals surface area (Å²) in [5.74, 6) is 0.454. The lowest BCUT2D eigenvalue weighted by molar-refractivity contribution is -0.155. The summed E-state index contributed by atoms with van der Waals surface area (Å²) in [6.45, 7) is 0.377. The smallest absolute Gasteiger partial charge is 0.246 e. The van der Waals surface area contributed by atoms with E-state index in [4.69, 9.17) is 9.26 Å². The Morgan fingerprint density at radius 2 is 2.04 bits per heavy atom. The molecule has 0 spiro atoms. The number of amides is 2. The molecule has 1 aliphatic heterocycles. The van der Waals surface area contributed by atoms with Crippen molar-refractivity contribution in [1.82, 2.24) is 19.9 Å². The van der Waals surface area contributed by atoms with E-state index in [1.165, 1.54) is 16.9 Å². The fraction of sp³-hybridized carbons (Fsp3) is 0.412. The SMILES string of the molecule is COCc1noc(CN2C(=O)CN(C)C(=O)[C@@H]2Cc2ccccc2)n1. The van der Waals surface area contributed by atoms with Gasteiger partial charge in [0.15, 0.2) is 5.82 Å². The Morgan fingerprint density at radius 1 is 1.28 bits per heavy atom. The number of hydrogen-bond donors (Lipinski definition) is 0. The third-order valence-corrected chi connectivity index (χ3v) is 4.09. The number of carbonyl (C=O) groups is 2. The predicted molar refractivity (Wildman–Crippen MR) is 87.1 cm³/mol. The van der Waals surface area contributed by atoms with Crippen molar-refractivity contribution in [3.63, 3.8) is 0 Å². The number of nitrogens with zero attached hydrogens (tertiary/aromatic N) is 4. The summed E-state index contributed by atoms with van der Waals surface area (Å²) < 4.78 is 10.1. The molecule has 0 N–H and O–H groups in total. The van der Waals surface area contributed by atoms with Gasteiger partial charge in [-0.15, -0.1) is 0 Å². The summed E-state index contributed by atoms with van der Waals surface area (Å²) in [6, 6.07) is 9.02. The Hall–Kier alpha value is -2.74. The molecule has 1 aromatic carbocycles. The zero-order valence-corrected chi connectivity index (χ0v) is 14.2. The van der Waals surface area contributed by atoms with Crippen molar-refractivity contribution in [1.29, 1.82) is 0 Å². The van der Waals surface area contributed by atoms with Crippen LogP contribution in [-0.4, -0.2) is 58.5 Å². The van der Waals surface area contributed by atoms with Gasteiger partial charge >= 0.3 is 0 Å². The number of rotatable bonds is 6. The van der Waals surface area contributed by atoms with Gasteiger partial charge in [0.2, 0.25) is 17.7 Å². The van der Waals surface area contributed by atoms with Crippen LogP contribution in [0.1, 0.15) is 17.3 Å². The number of piperazine rings is 1. The first-order chi connectivity index (χ1) is 12.1. The van der Waals surface area contributed by atoms with Crippen LogP contribution >= 0.6 is 0 Å². The van der Waals surface area contributed by atoms with Crippen LogP contribution in [-0.2, 0) is 33.9 Å². The number of carbonyl (C=O) groups excluding carboxylic acids is 2. The fourth-order valence-electron chi connectivity index (χ4n) is 2.85. The summed E-state index contributed by atoms with van der Waals surface area (Å²) in [4.78, 5) is 32.3. The quantitative estimate of drug-likeness (QED) is 0.764. The van der Waals surface area contributed by atoms with Gasteiger partial charge in [0, 0.05) is 20.6 Å². The van der Waals surface area contributed by atoms with Crippen molar-refractivity contribution in [2.75, 3.05) is 20.7 Å². The molecule has 8 nitrogen and oxygen atoms in total. The molecule has 2 aromatic rings. The molecule has 0 aliphatic carbocycles. The van der Waals surface area contributed by atoms with E-state index in [-0.39, 0.29) is 37.4 Å². The molecule has 1 fully saturated rings. The van der Waals surface area contributed by atoms with E-state index < -0.39 is 6.04 Å². The third-order valence-electron chi connectivity index (χ3n) is 4.09. The Kier molecular flexibility index (Phi) is 5.08. The van der Waals surface area contributed by atoms with Crippen LogP contribution in [0.15, 0.2) is 34.9 Å². The maximum atomic E-state index is 12.6. The monoisotopic (exact) mass is 344 g/mol. The fourth-order valence-corrected chi connectivity index (χ4v) is 2.85. The number of methoxy groups -OCH3 is 1. The van der Waals surface area contributed by atoms with Crippen molar-refractivity contribution in [3.05, 3.63) is 47.6 Å². The Bertz CT molecular complexity index is 746. The molecule has 0 saturated carbocycles. The molecule has 2 amide bonds. The second kappa shape index (κ2) is 7.43. The lowest BCUT2D eigenvalue weighted by Crippen LogP contribution is -2.59. The van der Waals surface area contributed by atoms with Gasteiger partial charge in [-0.2, -0.15) is 4.98 Å². The molecular weight excluding hydrogens is 324 g/mol. The summed E-state index contributed by atoms with van der Waals surface area (Å²) >= 11 is 0. The number of hydrogen-bond acceptors (Lipinski definition) is 6. The first kappa shape index (κ1) is 17.1. The minimum Gasteiger partial charge on any atom is -0.377 e. The molecule has 1 saturated heterocycles. The number of aromatic nitrogens is 2. The van der Waals surface area contributed by atoms with E-state index in [1.54, 1.807) is 7.05 Å². The van der Waals surface area contributed by atoms with Crippen LogP contribution in [0, 0.1) is 0 Å². The van der Waals surface area contributed by atoms with Gasteiger partial charge in [-0.05, 0) is 5.56 Å². The van der Waals surface area contributed by atoms with Crippen LogP contribution in [0.5, 0.6) is 0 Å². The van der Waals surface area contributed by atoms with Crippen LogP contribution in [0.2, 0.25) is 0 Å². The third kappa shape index (κ3) is 3.85. The van der Waals surface area contributed by atoms with E-state index in [0.29, 0.717) is 12.2 Å². The largest absolute Gasteiger partial charge is 0.377 e. The van der Waals surface area contributed by atoms with E-state index in [0.717, 1.165) is 5.56 Å². The molecule has 2 heterocycles. The predicted octanol–water partition coefficient (Wildman–Crippen LogP) is 0.628. The number of benzene rings is 1. The molecule has 1 atom stereocenters. The maximum absolute atomic E-state index is 12.6. The Balaban J connectivity index is 1.81. The lowest BCUT2D eigenvalue weighted by atomic mass is 10.0. The van der Waals surface area contributed by atoms with Gasteiger partial charge in [-0.1, -0.05) is 35.5 Å². The van der Waals surface area contributed by atoms with Crippen molar-refractivity contribution in [2.24, 2.45) is 0 Å². The Morgan fingerprint density at radius 3 is 2.76 bits per heavy atom. The minimum absolute atomic E-state index is 0.0448. The van der Waals surface area contributed by atoms with Crippen LogP contribution < -0.4 is 0 Å². The van der Waals surface area contributed by atoms with Crippen LogP contribution in [0.4, 0.5) is 0 Å². The molecule has 0 radical (unpaired) electrons. The summed E-state index contributed by atoms with van der Waals surface area (Å²) in [5, 5.41) is 3.80. The zero-order chi connectivity index (χ0) is 17.8. The molecular formula is C17H20N4O4. The molecule has 3 rings (SSSR count). The second-order valence-corrected chi connectivity index (χ2v) is 5.96. The summed E-state index contributed by atoms with van der Waals surface area (Å²) in [6.07, 6.45) is 0.439. The second-order valence-electron chi connectivity index (χ2n) is 5.96. The summed E-state index contributed by atoms with van der Waals surface area (Å²) in [7, 11) is 3.17. The van der Waals surface area contributed by atoms with Crippen LogP contribution in [0.25, 0.3) is 0 Å². The molecule has 25 heavy (non-hydrogen) atoms. The molecule has 8 heteroatoms. The van der Waals surface area contributed by atoms with Crippen LogP contribution in [0.3, 0.4) is 0 Å². The molecule has 0 bridgehead atoms. The minimum atomic E-state index is -0.591. The molecule has 132 valence electrons. The van der Waals surface area contributed by atoms with E-state index >= 15 is 0 Å². The van der Waals surface area contributed by atoms with E-state index in [1.807, 2.05) is 30.3 Å². The lowest BCUT2D eigenvalue weighted by Gasteiger charge is -2.38. The van der Waals surface area contributed by atoms with Crippen molar-refractivity contribution in [3.8, 4) is 0 Å². The standard InChI is InChI=1S/C17H20N4O4/c1-20-10-16(22)21(9-15-18-14(11-24-2)19-25-15)13(17(20)23)8-12-6-4-3-5-7-12/h3-7,13H,8-11H2,1-2H3/t13-/m0/s1. The zero-order valence-electron chi connectivity index (χ0n) is 14.2. The van der Waals surface area contributed by atoms with E-state index in [9.17, 15) is 9.59 Å². The van der Waals surface area contributed by atoms with Gasteiger partial charge in [0.1, 0.15) is 19.2 Å². The highest BCUT2D eigenvalue weighted by Crippen LogP contribution is 2.19. The molecule has 0 unspecified atom stereocenters. The molecule has 1 aromatic heterocycles. The first-order valence-electron chi connectivity index (χ1n) is 7.97. The van der Waals surface area contributed by atoms with Gasteiger partial charge in [-0.25, -0.2) is 0 Å². The topological polar surface area (TPSA) is 88.8 Å². The normalized spacial score (nSPS) is 18.1. The van der Waals surface area contributed by atoms with Gasteiger partial charge in [0.25, 0.3) is 0 Å². The van der Waals surface area contributed by atoms with Crippen molar-refractivity contribution >= 4 is 11.8 Å². The highest BCUT2D eigenvalue weighted by molar-refractivity contribution is 5.94. The Labute approximate surface area is 145 Å². The highest BCUT2D eigenvalue weighted by Gasteiger charge is 2.38. The number of likely N-dealkylation sites (N-methyl/N-ethyl adjacent to an activating group) is 1. The number of ether oxygens (including phenoxy) is 1. The average molecular weight is 344 g/mol. The first-order valence-corrected chi connectivity index (χ1v) is 7.97. The molecule has 1 aliphatic rings.